The number of hydrogen-bond donors (Lipinski definition) is 1. The Morgan fingerprint density at radius 3 is 2.27 bits per heavy atom. The van der Waals surface area contributed by atoms with Crippen molar-refractivity contribution in [2.75, 3.05) is 5.32 Å². The first-order valence-corrected chi connectivity index (χ1v) is 9.90. The first-order chi connectivity index (χ1) is 14.4. The maximum Gasteiger partial charge on any atom is 0.295 e. The molecule has 1 N–H and O–H groups in total. The van der Waals surface area contributed by atoms with Crippen LogP contribution in [0.15, 0.2) is 66.7 Å². The Balaban J connectivity index is 1.77. The summed E-state index contributed by atoms with van der Waals surface area (Å²) >= 11 is 0. The third-order valence-electron chi connectivity index (χ3n) is 5.01. The van der Waals surface area contributed by atoms with Crippen LogP contribution in [0.4, 0.5) is 5.69 Å². The van der Waals surface area contributed by atoms with Crippen LogP contribution in [-0.4, -0.2) is 20.7 Å². The van der Waals surface area contributed by atoms with Gasteiger partial charge in [0.25, 0.3) is 5.91 Å². The fourth-order valence-corrected chi connectivity index (χ4v) is 3.29. The molecule has 0 fully saturated rings. The van der Waals surface area contributed by atoms with Crippen molar-refractivity contribution in [2.45, 2.75) is 27.7 Å². The largest absolute Gasteiger partial charge is 0.319 e. The van der Waals surface area contributed by atoms with Crippen molar-refractivity contribution in [2.24, 2.45) is 0 Å². The normalized spacial score (nSPS) is 10.8. The maximum absolute atomic E-state index is 13.0. The molecule has 0 unspecified atom stereocenters. The predicted octanol–water partition coefficient (Wildman–Crippen LogP) is 5.42. The molecule has 4 aromatic rings. The van der Waals surface area contributed by atoms with Crippen LogP contribution < -0.4 is 5.32 Å². The molecule has 1 aromatic heterocycles. The van der Waals surface area contributed by atoms with E-state index in [2.05, 4.69) is 15.4 Å². The van der Waals surface area contributed by atoms with Gasteiger partial charge < -0.3 is 5.32 Å². The zero-order valence-corrected chi connectivity index (χ0v) is 17.6. The van der Waals surface area contributed by atoms with Crippen molar-refractivity contribution >= 4 is 11.6 Å². The molecule has 0 atom stereocenters. The summed E-state index contributed by atoms with van der Waals surface area (Å²) in [7, 11) is 0. The minimum Gasteiger partial charge on any atom is -0.319 e. The van der Waals surface area contributed by atoms with Gasteiger partial charge in [0, 0.05) is 11.3 Å². The average Bonchev–Trinajstić information content (AvgIpc) is 3.17. The van der Waals surface area contributed by atoms with Crippen molar-refractivity contribution in [1.82, 2.24) is 14.8 Å². The van der Waals surface area contributed by atoms with Gasteiger partial charge in [-0.05, 0) is 63.1 Å². The van der Waals surface area contributed by atoms with Crippen LogP contribution in [-0.2, 0) is 0 Å². The SMILES string of the molecule is Cc1ccc(-n2nc(C(=O)Nc3cc(C)ccc3C)nc2-c2cccc(C)c2)cc1. The maximum atomic E-state index is 13.0. The van der Waals surface area contributed by atoms with Gasteiger partial charge in [0.15, 0.2) is 5.82 Å². The van der Waals surface area contributed by atoms with Crippen LogP contribution in [0.5, 0.6) is 0 Å². The number of anilines is 1. The van der Waals surface area contributed by atoms with Gasteiger partial charge in [-0.15, -0.1) is 5.10 Å². The second kappa shape index (κ2) is 7.95. The summed E-state index contributed by atoms with van der Waals surface area (Å²) in [6, 6.07) is 22.0. The zero-order valence-electron chi connectivity index (χ0n) is 17.6. The lowest BCUT2D eigenvalue weighted by molar-refractivity contribution is 0.101. The number of carbonyl (C=O) groups excluding carboxylic acids is 1. The predicted molar refractivity (Wildman–Crippen MR) is 120 cm³/mol. The molecule has 0 saturated carbocycles. The highest BCUT2D eigenvalue weighted by molar-refractivity contribution is 6.02. The average molecular weight is 396 g/mol. The zero-order chi connectivity index (χ0) is 21.3. The number of aromatic nitrogens is 3. The Labute approximate surface area is 176 Å². The van der Waals surface area contributed by atoms with E-state index in [9.17, 15) is 4.79 Å². The highest BCUT2D eigenvalue weighted by Crippen LogP contribution is 2.23. The molecule has 0 aliphatic carbocycles. The fraction of sp³-hybridized carbons (Fsp3) is 0.160. The Hall–Kier alpha value is -3.73. The van der Waals surface area contributed by atoms with Crippen LogP contribution in [0.25, 0.3) is 17.1 Å². The van der Waals surface area contributed by atoms with Crippen molar-refractivity contribution in [3.05, 3.63) is 94.8 Å². The summed E-state index contributed by atoms with van der Waals surface area (Å²) in [5.74, 6) is 0.435. The summed E-state index contributed by atoms with van der Waals surface area (Å²) in [5, 5.41) is 7.51. The van der Waals surface area contributed by atoms with Crippen LogP contribution >= 0.6 is 0 Å². The molecule has 0 spiro atoms. The number of rotatable bonds is 4. The lowest BCUT2D eigenvalue weighted by atomic mass is 10.1. The Kier molecular flexibility index (Phi) is 5.19. The third-order valence-corrected chi connectivity index (χ3v) is 5.01. The molecule has 0 saturated heterocycles. The number of carbonyl (C=O) groups is 1. The Morgan fingerprint density at radius 1 is 0.833 bits per heavy atom. The van der Waals surface area contributed by atoms with Gasteiger partial charge in [0.05, 0.1) is 5.69 Å². The molecule has 5 nitrogen and oxygen atoms in total. The summed E-state index contributed by atoms with van der Waals surface area (Å²) in [6.45, 7) is 8.03. The monoisotopic (exact) mass is 396 g/mol. The second-order valence-electron chi connectivity index (χ2n) is 7.65. The molecular formula is C25H24N4O. The number of nitrogens with zero attached hydrogens (tertiary/aromatic N) is 3. The van der Waals surface area contributed by atoms with E-state index in [0.717, 1.165) is 39.2 Å². The van der Waals surface area contributed by atoms with Gasteiger partial charge in [-0.2, -0.15) is 0 Å². The third kappa shape index (κ3) is 4.01. The minimum atomic E-state index is -0.330. The second-order valence-corrected chi connectivity index (χ2v) is 7.65. The van der Waals surface area contributed by atoms with E-state index in [1.807, 2.05) is 94.4 Å². The van der Waals surface area contributed by atoms with Gasteiger partial charge in [-0.3, -0.25) is 4.79 Å². The van der Waals surface area contributed by atoms with E-state index in [-0.39, 0.29) is 11.7 Å². The molecule has 3 aromatic carbocycles. The highest BCUT2D eigenvalue weighted by atomic mass is 16.2. The molecule has 0 bridgehead atoms. The number of hydrogen-bond acceptors (Lipinski definition) is 3. The summed E-state index contributed by atoms with van der Waals surface area (Å²) in [5.41, 5.74) is 6.88. The molecule has 5 heteroatoms. The molecule has 0 radical (unpaired) electrons. The Morgan fingerprint density at radius 2 is 1.53 bits per heavy atom. The van der Waals surface area contributed by atoms with E-state index in [1.165, 1.54) is 0 Å². The summed E-state index contributed by atoms with van der Waals surface area (Å²) in [6.07, 6.45) is 0. The van der Waals surface area contributed by atoms with Gasteiger partial charge in [-0.25, -0.2) is 9.67 Å². The lowest BCUT2D eigenvalue weighted by Crippen LogP contribution is -2.15. The molecule has 4 rings (SSSR count). The van der Waals surface area contributed by atoms with Crippen molar-refractivity contribution in [1.29, 1.82) is 0 Å². The lowest BCUT2D eigenvalue weighted by Gasteiger charge is -2.07. The summed E-state index contributed by atoms with van der Waals surface area (Å²) in [4.78, 5) is 17.6. The fourth-order valence-electron chi connectivity index (χ4n) is 3.29. The van der Waals surface area contributed by atoms with Gasteiger partial charge in [0.1, 0.15) is 0 Å². The highest BCUT2D eigenvalue weighted by Gasteiger charge is 2.19. The molecular weight excluding hydrogens is 372 g/mol. The van der Waals surface area contributed by atoms with Gasteiger partial charge in [-0.1, -0.05) is 53.6 Å². The van der Waals surface area contributed by atoms with Crippen LogP contribution in [0, 0.1) is 27.7 Å². The van der Waals surface area contributed by atoms with E-state index >= 15 is 0 Å². The number of aryl methyl sites for hydroxylation is 4. The topological polar surface area (TPSA) is 59.8 Å². The standard InChI is InChI=1S/C25H24N4O/c1-16-9-12-21(13-10-16)29-24(20-7-5-6-17(2)14-20)27-23(28-29)25(30)26-22-15-18(3)8-11-19(22)4/h5-15H,1-4H3,(H,26,30). The molecule has 0 aliphatic rings. The summed E-state index contributed by atoms with van der Waals surface area (Å²) < 4.78 is 1.73. The van der Waals surface area contributed by atoms with Crippen molar-refractivity contribution in [3.8, 4) is 17.1 Å². The minimum absolute atomic E-state index is 0.132. The number of benzene rings is 3. The number of amides is 1. The van der Waals surface area contributed by atoms with E-state index < -0.39 is 0 Å². The molecule has 1 heterocycles. The first kappa shape index (κ1) is 19.6. The van der Waals surface area contributed by atoms with Crippen LogP contribution in [0.3, 0.4) is 0 Å². The number of nitrogens with one attached hydrogen (secondary N) is 1. The van der Waals surface area contributed by atoms with Crippen LogP contribution in [0.2, 0.25) is 0 Å². The van der Waals surface area contributed by atoms with E-state index in [0.29, 0.717) is 5.82 Å². The van der Waals surface area contributed by atoms with Gasteiger partial charge >= 0.3 is 0 Å². The smallest absolute Gasteiger partial charge is 0.295 e. The van der Waals surface area contributed by atoms with E-state index in [1.54, 1.807) is 4.68 Å². The first-order valence-electron chi connectivity index (χ1n) is 9.90. The molecule has 1 amide bonds. The quantitative estimate of drug-likeness (QED) is 0.501. The van der Waals surface area contributed by atoms with Crippen molar-refractivity contribution in [3.63, 3.8) is 0 Å². The molecule has 30 heavy (non-hydrogen) atoms. The Bertz CT molecular complexity index is 1220. The van der Waals surface area contributed by atoms with Gasteiger partial charge in [0.2, 0.25) is 5.82 Å². The van der Waals surface area contributed by atoms with Crippen LogP contribution in [0.1, 0.15) is 32.9 Å². The molecule has 0 aliphatic heterocycles. The molecule has 150 valence electrons. The van der Waals surface area contributed by atoms with Crippen molar-refractivity contribution < 1.29 is 4.79 Å². The van der Waals surface area contributed by atoms with E-state index in [4.69, 9.17) is 0 Å².